The maximum Gasteiger partial charge on any atom is 0.149 e. The molecule has 2 aromatic rings. The van der Waals surface area contributed by atoms with Crippen LogP contribution in [-0.2, 0) is 27.3 Å². The van der Waals surface area contributed by atoms with Crippen molar-refractivity contribution in [2.75, 3.05) is 31.6 Å². The molecule has 1 saturated carbocycles. The van der Waals surface area contributed by atoms with Gasteiger partial charge in [-0.15, -0.1) is 11.3 Å². The molecule has 0 aromatic carbocycles. The molecule has 0 spiro atoms. The molecule has 2 fully saturated rings. The van der Waals surface area contributed by atoms with Crippen LogP contribution in [0, 0.1) is 0 Å². The van der Waals surface area contributed by atoms with E-state index in [1.165, 1.54) is 23.3 Å². The average Bonchev–Trinajstić information content (AvgIpc) is 3.13. The van der Waals surface area contributed by atoms with Crippen LogP contribution in [0.4, 0.5) is 5.82 Å². The number of anilines is 1. The Bertz CT molecular complexity index is 843. The lowest BCUT2D eigenvalue weighted by Crippen LogP contribution is -2.46. The molecule has 2 aromatic heterocycles. The van der Waals surface area contributed by atoms with Gasteiger partial charge in [0.1, 0.15) is 29.4 Å². The monoisotopic (exact) mass is 402 g/mol. The van der Waals surface area contributed by atoms with Gasteiger partial charge in [0.15, 0.2) is 0 Å². The normalized spacial score (nSPS) is 28.8. The summed E-state index contributed by atoms with van der Waals surface area (Å²) in [5.41, 5.74) is 1.19. The molecule has 1 atom stereocenters. The standard InChI is InChI=1S/C20H26N4O3S/c25-10-15-9-16-17(11-27-15)28-20-18(16)19(21-12-22-20)23-13-1-3-14(4-2-13)24-5-7-26-8-6-24/h10,12-15H,1-9,11H2,(H,21,22,23). The van der Waals surface area contributed by atoms with Crippen LogP contribution < -0.4 is 5.32 Å². The summed E-state index contributed by atoms with van der Waals surface area (Å²) in [6, 6.07) is 1.12. The molecule has 2 aliphatic heterocycles. The molecular weight excluding hydrogens is 376 g/mol. The smallest absolute Gasteiger partial charge is 0.149 e. The van der Waals surface area contributed by atoms with Gasteiger partial charge in [0.2, 0.25) is 0 Å². The number of fused-ring (bicyclic) bond motifs is 3. The fourth-order valence-electron chi connectivity index (χ4n) is 4.73. The number of carbonyl (C=O) groups excluding carboxylic acids is 1. The average molecular weight is 403 g/mol. The second-order valence-electron chi connectivity index (χ2n) is 7.89. The van der Waals surface area contributed by atoms with Gasteiger partial charge < -0.3 is 19.6 Å². The van der Waals surface area contributed by atoms with Gasteiger partial charge in [-0.25, -0.2) is 9.97 Å². The summed E-state index contributed by atoms with van der Waals surface area (Å²) in [6.45, 7) is 4.36. The first-order chi connectivity index (χ1) is 13.8. The van der Waals surface area contributed by atoms with Crippen LogP contribution in [-0.4, -0.2) is 65.6 Å². The van der Waals surface area contributed by atoms with Gasteiger partial charge in [-0.2, -0.15) is 0 Å². The largest absolute Gasteiger partial charge is 0.379 e. The summed E-state index contributed by atoms with van der Waals surface area (Å²) in [5.74, 6) is 0.920. The molecule has 1 aliphatic carbocycles. The summed E-state index contributed by atoms with van der Waals surface area (Å²) in [7, 11) is 0. The van der Waals surface area contributed by atoms with Crippen LogP contribution in [0.1, 0.15) is 36.1 Å². The zero-order chi connectivity index (χ0) is 18.9. The number of aromatic nitrogens is 2. The zero-order valence-corrected chi connectivity index (χ0v) is 16.7. The lowest BCUT2D eigenvalue weighted by Gasteiger charge is -2.39. The van der Waals surface area contributed by atoms with E-state index in [9.17, 15) is 4.79 Å². The molecule has 4 heterocycles. The second kappa shape index (κ2) is 8.02. The number of rotatable bonds is 4. The summed E-state index contributed by atoms with van der Waals surface area (Å²) in [6.07, 6.45) is 7.54. The Morgan fingerprint density at radius 2 is 2.00 bits per heavy atom. The van der Waals surface area contributed by atoms with Gasteiger partial charge in [0.05, 0.1) is 25.2 Å². The third kappa shape index (κ3) is 3.54. The molecule has 5 rings (SSSR count). The molecule has 0 amide bonds. The van der Waals surface area contributed by atoms with Crippen molar-refractivity contribution in [3.05, 3.63) is 16.8 Å². The second-order valence-corrected chi connectivity index (χ2v) is 8.98. The van der Waals surface area contributed by atoms with Crippen molar-refractivity contribution in [2.45, 2.75) is 56.9 Å². The van der Waals surface area contributed by atoms with E-state index in [-0.39, 0.29) is 6.10 Å². The number of nitrogens with zero attached hydrogens (tertiary/aromatic N) is 3. The molecule has 3 aliphatic rings. The first-order valence-corrected chi connectivity index (χ1v) is 11.0. The van der Waals surface area contributed by atoms with Gasteiger partial charge >= 0.3 is 0 Å². The lowest BCUT2D eigenvalue weighted by atomic mass is 9.90. The van der Waals surface area contributed by atoms with Crippen LogP contribution in [0.5, 0.6) is 0 Å². The first-order valence-electron chi connectivity index (χ1n) is 10.2. The molecule has 150 valence electrons. The molecule has 7 nitrogen and oxygen atoms in total. The maximum atomic E-state index is 11.2. The Balaban J connectivity index is 1.31. The van der Waals surface area contributed by atoms with Gasteiger partial charge in [-0.1, -0.05) is 0 Å². The number of aldehydes is 1. The minimum atomic E-state index is -0.359. The van der Waals surface area contributed by atoms with Crippen LogP contribution in [0.25, 0.3) is 10.2 Å². The van der Waals surface area contributed by atoms with Crippen molar-refractivity contribution in [1.82, 2.24) is 14.9 Å². The van der Waals surface area contributed by atoms with E-state index < -0.39 is 0 Å². The van der Waals surface area contributed by atoms with Gasteiger partial charge in [-0.05, 0) is 31.2 Å². The van der Waals surface area contributed by atoms with E-state index in [0.29, 0.717) is 25.1 Å². The lowest BCUT2D eigenvalue weighted by molar-refractivity contribution is -0.119. The van der Waals surface area contributed by atoms with E-state index in [4.69, 9.17) is 9.47 Å². The fraction of sp³-hybridized carbons (Fsp3) is 0.650. The van der Waals surface area contributed by atoms with Crippen molar-refractivity contribution < 1.29 is 14.3 Å². The molecule has 28 heavy (non-hydrogen) atoms. The molecule has 8 heteroatoms. The summed E-state index contributed by atoms with van der Waals surface area (Å²) in [5, 5.41) is 4.79. The van der Waals surface area contributed by atoms with E-state index >= 15 is 0 Å². The Labute approximate surface area is 168 Å². The molecule has 1 N–H and O–H groups in total. The number of hydrogen-bond acceptors (Lipinski definition) is 8. The number of morpholine rings is 1. The third-order valence-corrected chi connectivity index (χ3v) is 7.37. The Morgan fingerprint density at radius 1 is 1.18 bits per heavy atom. The summed E-state index contributed by atoms with van der Waals surface area (Å²) >= 11 is 1.66. The number of thiophene rings is 1. The van der Waals surface area contributed by atoms with Crippen molar-refractivity contribution in [2.24, 2.45) is 0 Å². The zero-order valence-electron chi connectivity index (χ0n) is 15.9. The topological polar surface area (TPSA) is 76.6 Å². The molecule has 1 saturated heterocycles. The number of nitrogens with one attached hydrogen (secondary N) is 1. The van der Waals surface area contributed by atoms with Crippen LogP contribution >= 0.6 is 11.3 Å². The Hall–Kier alpha value is -1.61. The van der Waals surface area contributed by atoms with E-state index in [0.717, 1.165) is 61.5 Å². The van der Waals surface area contributed by atoms with E-state index in [2.05, 4.69) is 20.2 Å². The minimum Gasteiger partial charge on any atom is -0.379 e. The highest BCUT2D eigenvalue weighted by Gasteiger charge is 2.29. The SMILES string of the molecule is O=CC1Cc2c(sc3ncnc(NC4CCC(N5CCOCC5)CC4)c23)CO1. The van der Waals surface area contributed by atoms with Gasteiger partial charge in [0, 0.05) is 36.5 Å². The third-order valence-electron chi connectivity index (χ3n) is 6.26. The first kappa shape index (κ1) is 18.4. The van der Waals surface area contributed by atoms with Crippen molar-refractivity contribution in [3.63, 3.8) is 0 Å². The van der Waals surface area contributed by atoms with Crippen LogP contribution in [0.15, 0.2) is 6.33 Å². The van der Waals surface area contributed by atoms with Crippen molar-refractivity contribution >= 4 is 33.7 Å². The summed E-state index contributed by atoms with van der Waals surface area (Å²) < 4.78 is 11.1. The predicted molar refractivity (Wildman–Crippen MR) is 108 cm³/mol. The maximum absolute atomic E-state index is 11.2. The molecule has 0 bridgehead atoms. The molecule has 0 radical (unpaired) electrons. The van der Waals surface area contributed by atoms with Crippen molar-refractivity contribution in [3.8, 4) is 0 Å². The van der Waals surface area contributed by atoms with Gasteiger partial charge in [-0.3, -0.25) is 4.90 Å². The van der Waals surface area contributed by atoms with E-state index in [1.807, 2.05) is 0 Å². The molecule has 1 unspecified atom stereocenters. The highest BCUT2D eigenvalue weighted by Crippen LogP contribution is 2.38. The number of carbonyl (C=O) groups is 1. The summed E-state index contributed by atoms with van der Waals surface area (Å²) in [4.78, 5) is 25.0. The predicted octanol–water partition coefficient (Wildman–Crippen LogP) is 2.39. The number of ether oxygens (including phenoxy) is 2. The Morgan fingerprint density at radius 3 is 2.79 bits per heavy atom. The Kier molecular flexibility index (Phi) is 5.28. The van der Waals surface area contributed by atoms with Crippen molar-refractivity contribution in [1.29, 1.82) is 0 Å². The fourth-order valence-corrected chi connectivity index (χ4v) is 5.82. The van der Waals surface area contributed by atoms with Crippen LogP contribution in [0.3, 0.4) is 0 Å². The number of hydrogen-bond donors (Lipinski definition) is 1. The molecular formula is C20H26N4O3S. The van der Waals surface area contributed by atoms with E-state index in [1.54, 1.807) is 17.7 Å². The van der Waals surface area contributed by atoms with Gasteiger partial charge in [0.25, 0.3) is 0 Å². The highest BCUT2D eigenvalue weighted by atomic mass is 32.1. The minimum absolute atomic E-state index is 0.359. The quantitative estimate of drug-likeness (QED) is 0.787. The van der Waals surface area contributed by atoms with Crippen LogP contribution in [0.2, 0.25) is 0 Å². The highest BCUT2D eigenvalue weighted by molar-refractivity contribution is 7.18.